The number of aryl methyl sites for hydroxylation is 2. The van der Waals surface area contributed by atoms with Crippen molar-refractivity contribution in [1.29, 1.82) is 0 Å². The smallest absolute Gasteiger partial charge is 0.272 e. The van der Waals surface area contributed by atoms with Crippen LogP contribution in [-0.2, 0) is 6.54 Å². The number of anilines is 1. The third-order valence-corrected chi connectivity index (χ3v) is 2.93. The minimum atomic E-state index is 0.144. The Hall–Kier alpha value is -2.16. The summed E-state index contributed by atoms with van der Waals surface area (Å²) in [6.07, 6.45) is 2.35. The van der Waals surface area contributed by atoms with Crippen LogP contribution in [0, 0.1) is 6.92 Å². The van der Waals surface area contributed by atoms with Crippen molar-refractivity contribution in [2.24, 2.45) is 0 Å². The van der Waals surface area contributed by atoms with Gasteiger partial charge in [0, 0.05) is 18.1 Å². The number of pyridine rings is 1. The molecular formula is C15H17N2O+. The average molecular weight is 241 g/mol. The van der Waals surface area contributed by atoms with E-state index in [-0.39, 0.29) is 5.78 Å². The van der Waals surface area contributed by atoms with Crippen LogP contribution in [0.2, 0.25) is 0 Å². The van der Waals surface area contributed by atoms with Gasteiger partial charge in [0.1, 0.15) is 0 Å². The zero-order valence-corrected chi connectivity index (χ0v) is 10.5. The molecule has 0 atom stereocenters. The van der Waals surface area contributed by atoms with Gasteiger partial charge in [-0.25, -0.2) is 4.57 Å². The van der Waals surface area contributed by atoms with Crippen molar-refractivity contribution in [2.75, 3.05) is 5.73 Å². The molecule has 0 fully saturated rings. The van der Waals surface area contributed by atoms with Gasteiger partial charge < -0.3 is 0 Å². The first-order valence-electron chi connectivity index (χ1n) is 6.00. The number of nitrogen functional groups attached to an aromatic ring is 1. The first-order chi connectivity index (χ1) is 8.66. The lowest BCUT2D eigenvalue weighted by atomic mass is 10.1. The van der Waals surface area contributed by atoms with Gasteiger partial charge in [-0.3, -0.25) is 10.5 Å². The predicted octanol–water partition coefficient (Wildman–Crippen LogP) is 2.14. The van der Waals surface area contributed by atoms with Crippen LogP contribution in [0.3, 0.4) is 0 Å². The van der Waals surface area contributed by atoms with Crippen LogP contribution in [0.4, 0.5) is 5.82 Å². The minimum absolute atomic E-state index is 0.144. The lowest BCUT2D eigenvalue weighted by Crippen LogP contribution is -2.37. The molecule has 0 amide bonds. The maximum atomic E-state index is 12.0. The summed E-state index contributed by atoms with van der Waals surface area (Å²) in [6.45, 7) is 2.62. The Balaban J connectivity index is 2.01. The summed E-state index contributed by atoms with van der Waals surface area (Å²) in [4.78, 5) is 12.0. The van der Waals surface area contributed by atoms with E-state index in [9.17, 15) is 4.79 Å². The fourth-order valence-electron chi connectivity index (χ4n) is 1.80. The highest BCUT2D eigenvalue weighted by molar-refractivity contribution is 5.95. The fraction of sp³-hybridized carbons (Fsp3) is 0.200. The van der Waals surface area contributed by atoms with Crippen LogP contribution in [0.5, 0.6) is 0 Å². The van der Waals surface area contributed by atoms with Gasteiger partial charge in [-0.2, -0.15) is 0 Å². The van der Waals surface area contributed by atoms with Crippen molar-refractivity contribution < 1.29 is 9.36 Å². The van der Waals surface area contributed by atoms with Gasteiger partial charge in [0.05, 0.1) is 12.7 Å². The Morgan fingerprint density at radius 2 is 1.89 bits per heavy atom. The van der Waals surface area contributed by atoms with Crippen molar-refractivity contribution in [1.82, 2.24) is 0 Å². The number of aromatic nitrogens is 1. The highest BCUT2D eigenvalue weighted by Gasteiger charge is 2.09. The van der Waals surface area contributed by atoms with Crippen LogP contribution < -0.4 is 10.3 Å². The second kappa shape index (κ2) is 5.45. The fourth-order valence-corrected chi connectivity index (χ4v) is 1.80. The molecule has 2 aromatic rings. The Labute approximate surface area is 107 Å². The number of nitrogens with zero attached hydrogens (tertiary/aromatic N) is 1. The molecule has 1 heterocycles. The van der Waals surface area contributed by atoms with E-state index in [4.69, 9.17) is 5.73 Å². The second-order valence-corrected chi connectivity index (χ2v) is 4.36. The molecule has 18 heavy (non-hydrogen) atoms. The molecule has 0 bridgehead atoms. The molecule has 92 valence electrons. The molecule has 0 radical (unpaired) electrons. The quantitative estimate of drug-likeness (QED) is 0.658. The molecule has 0 spiro atoms. The normalized spacial score (nSPS) is 10.3. The summed E-state index contributed by atoms with van der Waals surface area (Å²) < 4.78 is 1.88. The number of benzene rings is 1. The van der Waals surface area contributed by atoms with E-state index in [1.165, 1.54) is 0 Å². The summed E-state index contributed by atoms with van der Waals surface area (Å²) in [5.41, 5.74) is 7.74. The number of rotatable bonds is 4. The maximum absolute atomic E-state index is 12.0. The summed E-state index contributed by atoms with van der Waals surface area (Å²) in [5.74, 6) is 0.819. The van der Waals surface area contributed by atoms with Crippen molar-refractivity contribution in [2.45, 2.75) is 19.9 Å². The molecular weight excluding hydrogens is 224 g/mol. The van der Waals surface area contributed by atoms with Crippen LogP contribution in [0.1, 0.15) is 22.3 Å². The summed E-state index contributed by atoms with van der Waals surface area (Å²) in [5, 5.41) is 0. The molecule has 0 aliphatic rings. The molecule has 1 aromatic heterocycles. The highest BCUT2D eigenvalue weighted by atomic mass is 16.1. The molecule has 2 N–H and O–H groups in total. The highest BCUT2D eigenvalue weighted by Crippen LogP contribution is 2.06. The number of carbonyl (C=O) groups is 1. The molecule has 0 saturated carbocycles. The SMILES string of the molecule is Cc1ccc(C(=O)CC[n+]2ccccc2N)cc1. The number of ketones is 1. The van der Waals surface area contributed by atoms with Crippen molar-refractivity contribution in [3.8, 4) is 0 Å². The van der Waals surface area contributed by atoms with Gasteiger partial charge >= 0.3 is 0 Å². The van der Waals surface area contributed by atoms with Crippen molar-refractivity contribution in [3.05, 3.63) is 59.8 Å². The number of hydrogen-bond donors (Lipinski definition) is 1. The minimum Gasteiger partial charge on any atom is -0.294 e. The van der Waals surface area contributed by atoms with Crippen molar-refractivity contribution >= 4 is 11.6 Å². The first-order valence-corrected chi connectivity index (χ1v) is 6.00. The Morgan fingerprint density at radius 1 is 1.17 bits per heavy atom. The van der Waals surface area contributed by atoms with Gasteiger partial charge in [0.2, 0.25) is 0 Å². The number of carbonyl (C=O) groups excluding carboxylic acids is 1. The summed E-state index contributed by atoms with van der Waals surface area (Å²) in [7, 11) is 0. The average Bonchev–Trinajstić information content (AvgIpc) is 2.38. The van der Waals surface area contributed by atoms with Crippen molar-refractivity contribution in [3.63, 3.8) is 0 Å². The Morgan fingerprint density at radius 3 is 2.56 bits per heavy atom. The summed E-state index contributed by atoms with van der Waals surface area (Å²) >= 11 is 0. The standard InChI is InChI=1S/C15H16N2O/c1-12-5-7-13(8-6-12)14(18)9-11-17-10-3-2-4-15(17)16/h2-8,10,16H,9,11H2,1H3/p+1. The van der Waals surface area contributed by atoms with E-state index >= 15 is 0 Å². The lowest BCUT2D eigenvalue weighted by molar-refractivity contribution is -0.681. The molecule has 1 aromatic carbocycles. The summed E-state index contributed by atoms with van der Waals surface area (Å²) in [6, 6.07) is 13.3. The number of Topliss-reactive ketones (excluding diaryl/α,β-unsaturated/α-hetero) is 1. The van der Waals surface area contributed by atoms with E-state index < -0.39 is 0 Å². The zero-order valence-electron chi connectivity index (χ0n) is 10.5. The second-order valence-electron chi connectivity index (χ2n) is 4.36. The van der Waals surface area contributed by atoms with E-state index in [0.717, 1.165) is 11.1 Å². The topological polar surface area (TPSA) is 47.0 Å². The van der Waals surface area contributed by atoms with E-state index in [0.29, 0.717) is 18.8 Å². The molecule has 0 aliphatic heterocycles. The predicted molar refractivity (Wildman–Crippen MR) is 71.2 cm³/mol. The third-order valence-electron chi connectivity index (χ3n) is 2.93. The molecule has 2 rings (SSSR count). The van der Waals surface area contributed by atoms with E-state index in [2.05, 4.69) is 0 Å². The first kappa shape index (κ1) is 12.3. The number of nitrogens with two attached hydrogens (primary N) is 1. The third kappa shape index (κ3) is 2.94. The molecule has 3 nitrogen and oxygen atoms in total. The van der Waals surface area contributed by atoms with Gasteiger partial charge in [0.15, 0.2) is 5.78 Å². The molecule has 0 aliphatic carbocycles. The van der Waals surface area contributed by atoms with Crippen LogP contribution in [0.25, 0.3) is 0 Å². The lowest BCUT2D eigenvalue weighted by Gasteiger charge is -2.03. The monoisotopic (exact) mass is 241 g/mol. The molecule has 0 saturated heterocycles. The number of hydrogen-bond acceptors (Lipinski definition) is 2. The van der Waals surface area contributed by atoms with Gasteiger partial charge in [0.25, 0.3) is 5.82 Å². The molecule has 3 heteroatoms. The molecule has 0 unspecified atom stereocenters. The Bertz CT molecular complexity index is 547. The van der Waals surface area contributed by atoms with Crippen LogP contribution in [0.15, 0.2) is 48.7 Å². The zero-order chi connectivity index (χ0) is 13.0. The van der Waals surface area contributed by atoms with Crippen LogP contribution in [-0.4, -0.2) is 5.78 Å². The van der Waals surface area contributed by atoms with Gasteiger partial charge in [-0.1, -0.05) is 35.9 Å². The maximum Gasteiger partial charge on any atom is 0.272 e. The van der Waals surface area contributed by atoms with E-state index in [1.807, 2.05) is 60.2 Å². The van der Waals surface area contributed by atoms with Gasteiger partial charge in [-0.15, -0.1) is 0 Å². The van der Waals surface area contributed by atoms with E-state index in [1.54, 1.807) is 0 Å². The largest absolute Gasteiger partial charge is 0.294 e. The Kier molecular flexibility index (Phi) is 3.72. The van der Waals surface area contributed by atoms with Crippen LogP contribution >= 0.6 is 0 Å². The van der Waals surface area contributed by atoms with Gasteiger partial charge in [-0.05, 0) is 13.0 Å².